The summed E-state index contributed by atoms with van der Waals surface area (Å²) in [5, 5.41) is 18.9. The van der Waals surface area contributed by atoms with Crippen molar-refractivity contribution in [2.45, 2.75) is 38.1 Å². The smallest absolute Gasteiger partial charge is 0.305 e. The number of nitrogens with one attached hydrogen (secondary N) is 2. The van der Waals surface area contributed by atoms with Crippen LogP contribution in [0.5, 0.6) is 0 Å². The number of carboxylic acid groups (broad SMARTS) is 1. The van der Waals surface area contributed by atoms with Crippen LogP contribution in [-0.4, -0.2) is 27.2 Å². The second-order valence-corrected chi connectivity index (χ2v) is 5.96. The van der Waals surface area contributed by atoms with E-state index in [1.165, 1.54) is 0 Å². The molecular weight excluding hydrogens is 294 g/mol. The molecule has 1 aliphatic carbocycles. The molecule has 6 heteroatoms. The number of benzene rings is 1. The molecule has 120 valence electrons. The Bertz CT molecular complexity index is 734. The summed E-state index contributed by atoms with van der Waals surface area (Å²) >= 11 is 0. The lowest BCUT2D eigenvalue weighted by atomic mass is 9.98. The van der Waals surface area contributed by atoms with E-state index in [4.69, 9.17) is 5.11 Å². The number of carbonyl (C=O) groups is 2. The molecule has 1 fully saturated rings. The maximum Gasteiger partial charge on any atom is 0.305 e. The minimum absolute atomic E-state index is 0.170. The van der Waals surface area contributed by atoms with E-state index in [1.807, 2.05) is 31.2 Å². The summed E-state index contributed by atoms with van der Waals surface area (Å²) in [6.07, 6.45) is 2.07. The number of aromatic nitrogens is 2. The van der Waals surface area contributed by atoms with Crippen LogP contribution in [0.15, 0.2) is 30.3 Å². The molecule has 0 bridgehead atoms. The summed E-state index contributed by atoms with van der Waals surface area (Å²) in [6.45, 7) is 1.90. The quantitative estimate of drug-likeness (QED) is 0.763. The van der Waals surface area contributed by atoms with Crippen LogP contribution < -0.4 is 5.32 Å². The van der Waals surface area contributed by atoms with Crippen molar-refractivity contribution in [1.82, 2.24) is 15.5 Å². The molecule has 1 amide bonds. The summed E-state index contributed by atoms with van der Waals surface area (Å²) in [4.78, 5) is 23.5. The molecule has 6 nitrogen and oxygen atoms in total. The Morgan fingerprint density at radius 1 is 1.39 bits per heavy atom. The van der Waals surface area contributed by atoms with Crippen LogP contribution >= 0.6 is 0 Å². The molecule has 1 aromatic carbocycles. The zero-order valence-corrected chi connectivity index (χ0v) is 12.9. The number of aromatic amines is 1. The van der Waals surface area contributed by atoms with Crippen LogP contribution in [0.1, 0.15) is 58.5 Å². The Labute approximate surface area is 133 Å². The predicted octanol–water partition coefficient (Wildman–Crippen LogP) is 2.54. The summed E-state index contributed by atoms with van der Waals surface area (Å²) < 4.78 is 0. The molecular formula is C17H19N3O3. The molecule has 0 aliphatic heterocycles. The molecule has 3 N–H and O–H groups in total. The number of hydrogen-bond acceptors (Lipinski definition) is 3. The molecule has 0 unspecified atom stereocenters. The Kier molecular flexibility index (Phi) is 4.14. The molecule has 23 heavy (non-hydrogen) atoms. The monoisotopic (exact) mass is 313 g/mol. The van der Waals surface area contributed by atoms with Crippen molar-refractivity contribution >= 4 is 11.9 Å². The minimum atomic E-state index is -0.959. The normalized spacial score (nSPS) is 15.2. The first kappa shape index (κ1) is 15.3. The molecule has 1 aliphatic rings. The molecule has 2 aromatic rings. The van der Waals surface area contributed by atoms with Gasteiger partial charge in [-0.05, 0) is 37.0 Å². The molecule has 1 aromatic heterocycles. The van der Waals surface area contributed by atoms with Gasteiger partial charge in [-0.25, -0.2) is 0 Å². The van der Waals surface area contributed by atoms with E-state index in [0.29, 0.717) is 11.6 Å². The Morgan fingerprint density at radius 3 is 2.78 bits per heavy atom. The van der Waals surface area contributed by atoms with Gasteiger partial charge >= 0.3 is 5.97 Å². The molecule has 1 saturated carbocycles. The summed E-state index contributed by atoms with van der Waals surface area (Å²) in [6, 6.07) is 8.63. The zero-order chi connectivity index (χ0) is 16.4. The maximum absolute atomic E-state index is 12.4. The van der Waals surface area contributed by atoms with Crippen molar-refractivity contribution in [3.8, 4) is 0 Å². The summed E-state index contributed by atoms with van der Waals surface area (Å²) in [7, 11) is 0. The van der Waals surface area contributed by atoms with E-state index in [-0.39, 0.29) is 12.3 Å². The van der Waals surface area contributed by atoms with Gasteiger partial charge in [-0.3, -0.25) is 14.7 Å². The Balaban J connectivity index is 1.78. The van der Waals surface area contributed by atoms with Crippen LogP contribution in [0, 0.1) is 6.92 Å². The number of aryl methyl sites for hydroxylation is 1. The largest absolute Gasteiger partial charge is 0.481 e. The third-order valence-electron chi connectivity index (χ3n) is 4.10. The van der Waals surface area contributed by atoms with Crippen LogP contribution in [0.25, 0.3) is 0 Å². The number of H-pyrrole nitrogens is 1. The van der Waals surface area contributed by atoms with Gasteiger partial charge in [-0.15, -0.1) is 0 Å². The van der Waals surface area contributed by atoms with Crippen molar-refractivity contribution in [2.24, 2.45) is 0 Å². The van der Waals surface area contributed by atoms with Gasteiger partial charge in [0.2, 0.25) is 0 Å². The van der Waals surface area contributed by atoms with Gasteiger partial charge < -0.3 is 10.4 Å². The van der Waals surface area contributed by atoms with E-state index in [0.717, 1.165) is 29.7 Å². The fourth-order valence-corrected chi connectivity index (χ4v) is 2.68. The van der Waals surface area contributed by atoms with Gasteiger partial charge in [0.15, 0.2) is 0 Å². The maximum atomic E-state index is 12.4. The van der Waals surface area contributed by atoms with E-state index < -0.39 is 12.0 Å². The van der Waals surface area contributed by atoms with Crippen molar-refractivity contribution in [2.75, 3.05) is 0 Å². The lowest BCUT2D eigenvalue weighted by Crippen LogP contribution is -2.31. The number of aliphatic carboxylic acids is 1. The van der Waals surface area contributed by atoms with Crippen molar-refractivity contribution in [3.63, 3.8) is 0 Å². The van der Waals surface area contributed by atoms with Crippen LogP contribution in [0.4, 0.5) is 0 Å². The first-order valence-corrected chi connectivity index (χ1v) is 7.68. The summed E-state index contributed by atoms with van der Waals surface area (Å²) in [5.74, 6) is -0.836. The van der Waals surface area contributed by atoms with E-state index >= 15 is 0 Å². The highest BCUT2D eigenvalue weighted by atomic mass is 16.4. The Hall–Kier alpha value is -2.63. The van der Waals surface area contributed by atoms with Gasteiger partial charge in [0.1, 0.15) is 5.69 Å². The second kappa shape index (κ2) is 6.24. The van der Waals surface area contributed by atoms with Gasteiger partial charge in [-0.1, -0.05) is 24.3 Å². The molecule has 0 radical (unpaired) electrons. The number of carbonyl (C=O) groups excluding carboxylic acids is 1. The van der Waals surface area contributed by atoms with Gasteiger partial charge in [0.05, 0.1) is 12.5 Å². The fraction of sp³-hybridized carbons (Fsp3) is 0.353. The number of carboxylic acids is 1. The van der Waals surface area contributed by atoms with Crippen molar-refractivity contribution < 1.29 is 14.7 Å². The van der Waals surface area contributed by atoms with Crippen LogP contribution in [0.2, 0.25) is 0 Å². The molecule has 0 saturated heterocycles. The number of hydrogen-bond donors (Lipinski definition) is 3. The van der Waals surface area contributed by atoms with Crippen LogP contribution in [-0.2, 0) is 4.79 Å². The average molecular weight is 313 g/mol. The van der Waals surface area contributed by atoms with E-state index in [1.54, 1.807) is 6.07 Å². The topological polar surface area (TPSA) is 95.1 Å². The van der Waals surface area contributed by atoms with E-state index in [9.17, 15) is 9.59 Å². The molecule has 0 spiro atoms. The average Bonchev–Trinajstić information content (AvgIpc) is 3.24. The molecule has 1 atom stereocenters. The molecule has 3 rings (SSSR count). The van der Waals surface area contributed by atoms with Crippen LogP contribution in [0.3, 0.4) is 0 Å². The van der Waals surface area contributed by atoms with Crippen molar-refractivity contribution in [3.05, 3.63) is 52.8 Å². The number of rotatable bonds is 6. The highest BCUT2D eigenvalue weighted by molar-refractivity contribution is 5.93. The van der Waals surface area contributed by atoms with Crippen molar-refractivity contribution in [1.29, 1.82) is 0 Å². The van der Waals surface area contributed by atoms with E-state index in [2.05, 4.69) is 15.5 Å². The van der Waals surface area contributed by atoms with Gasteiger partial charge in [0, 0.05) is 11.6 Å². The summed E-state index contributed by atoms with van der Waals surface area (Å²) in [5.41, 5.74) is 3.03. The minimum Gasteiger partial charge on any atom is -0.481 e. The second-order valence-electron chi connectivity index (χ2n) is 5.96. The van der Waals surface area contributed by atoms with Gasteiger partial charge in [0.25, 0.3) is 5.91 Å². The highest BCUT2D eigenvalue weighted by Gasteiger charge is 2.27. The SMILES string of the molecule is Cc1ccccc1[C@H](CC(=O)O)NC(=O)c1cc(C2CC2)[nH]n1. The fourth-order valence-electron chi connectivity index (χ4n) is 2.68. The number of nitrogens with zero attached hydrogens (tertiary/aromatic N) is 1. The Morgan fingerprint density at radius 2 is 2.13 bits per heavy atom. The standard InChI is InChI=1S/C17H19N3O3/c1-10-4-2-3-5-12(10)14(9-16(21)22)18-17(23)15-8-13(19-20-15)11-6-7-11/h2-5,8,11,14H,6-7,9H2,1H3,(H,18,23)(H,19,20)(H,21,22)/t14-/m0/s1. The third-order valence-corrected chi connectivity index (χ3v) is 4.10. The van der Waals surface area contributed by atoms with Gasteiger partial charge in [-0.2, -0.15) is 5.10 Å². The number of amides is 1. The lowest BCUT2D eigenvalue weighted by Gasteiger charge is -2.18. The highest BCUT2D eigenvalue weighted by Crippen LogP contribution is 2.39. The third kappa shape index (κ3) is 3.59. The molecule has 1 heterocycles. The first-order chi connectivity index (χ1) is 11.0. The predicted molar refractivity (Wildman–Crippen MR) is 84.2 cm³/mol. The first-order valence-electron chi connectivity index (χ1n) is 7.68. The lowest BCUT2D eigenvalue weighted by molar-refractivity contribution is -0.137. The zero-order valence-electron chi connectivity index (χ0n) is 12.9.